The third-order valence-electron chi connectivity index (χ3n) is 4.84. The van der Waals surface area contributed by atoms with Crippen molar-refractivity contribution in [3.63, 3.8) is 0 Å². The van der Waals surface area contributed by atoms with E-state index in [1.54, 1.807) is 60.2 Å². The van der Waals surface area contributed by atoms with Gasteiger partial charge in [0.2, 0.25) is 0 Å². The normalized spacial score (nSPS) is 10.7. The van der Waals surface area contributed by atoms with Crippen LogP contribution in [0.5, 0.6) is 5.75 Å². The second kappa shape index (κ2) is 8.84. The van der Waals surface area contributed by atoms with Crippen molar-refractivity contribution in [3.05, 3.63) is 77.7 Å². The van der Waals surface area contributed by atoms with E-state index in [1.165, 1.54) is 19.4 Å². The maximum Gasteiger partial charge on any atom is 0.337 e. The fourth-order valence-corrected chi connectivity index (χ4v) is 3.30. The summed E-state index contributed by atoms with van der Waals surface area (Å²) in [6.45, 7) is -0.758. The van der Waals surface area contributed by atoms with E-state index in [1.807, 2.05) is 0 Å². The van der Waals surface area contributed by atoms with E-state index in [4.69, 9.17) is 4.74 Å². The number of alkyl halides is 1. The van der Waals surface area contributed by atoms with Gasteiger partial charge in [-0.05, 0) is 42.5 Å². The molecule has 2 aromatic carbocycles. The van der Waals surface area contributed by atoms with Gasteiger partial charge in [0.25, 0.3) is 5.91 Å². The van der Waals surface area contributed by atoms with Crippen LogP contribution in [0, 0.1) is 0 Å². The molecule has 9 heteroatoms. The van der Waals surface area contributed by atoms with Gasteiger partial charge in [0.05, 0.1) is 42.7 Å². The van der Waals surface area contributed by atoms with Crippen molar-refractivity contribution < 1.29 is 23.5 Å². The van der Waals surface area contributed by atoms with Crippen LogP contribution < -0.4 is 10.1 Å². The van der Waals surface area contributed by atoms with Gasteiger partial charge in [-0.25, -0.2) is 19.2 Å². The fourth-order valence-electron chi connectivity index (χ4n) is 3.30. The SMILES string of the molecule is COC(=O)c1cccc(C(=O)Nc2ccc(-n3c(CF)nc4cc(OC)ccc43)cn2)c1. The van der Waals surface area contributed by atoms with Gasteiger partial charge in [-0.15, -0.1) is 0 Å². The Labute approximate surface area is 182 Å². The molecule has 0 bridgehead atoms. The molecule has 1 N–H and O–H groups in total. The number of methoxy groups -OCH3 is 2. The number of hydrogen-bond acceptors (Lipinski definition) is 6. The van der Waals surface area contributed by atoms with Crippen molar-refractivity contribution in [1.29, 1.82) is 0 Å². The second-order valence-electron chi connectivity index (χ2n) is 6.78. The summed E-state index contributed by atoms with van der Waals surface area (Å²) in [5, 5.41) is 2.68. The fraction of sp³-hybridized carbons (Fsp3) is 0.130. The lowest BCUT2D eigenvalue weighted by molar-refractivity contribution is 0.0600. The number of imidazole rings is 1. The molecule has 0 saturated heterocycles. The van der Waals surface area contributed by atoms with Crippen LogP contribution in [-0.2, 0) is 11.4 Å². The zero-order valence-corrected chi connectivity index (χ0v) is 17.3. The highest BCUT2D eigenvalue weighted by molar-refractivity contribution is 6.05. The van der Waals surface area contributed by atoms with E-state index in [-0.39, 0.29) is 17.0 Å². The maximum absolute atomic E-state index is 13.6. The number of halogens is 1. The molecule has 0 aliphatic carbocycles. The van der Waals surface area contributed by atoms with Gasteiger partial charge in [0, 0.05) is 11.6 Å². The Hall–Kier alpha value is -4.27. The Balaban J connectivity index is 1.59. The Morgan fingerprint density at radius 1 is 1.06 bits per heavy atom. The monoisotopic (exact) mass is 434 g/mol. The minimum Gasteiger partial charge on any atom is -0.497 e. The number of nitrogens with one attached hydrogen (secondary N) is 1. The molecule has 1 amide bonds. The molecule has 162 valence electrons. The summed E-state index contributed by atoms with van der Waals surface area (Å²) in [6.07, 6.45) is 1.52. The molecular weight excluding hydrogens is 415 g/mol. The molecule has 4 rings (SSSR count). The molecule has 0 saturated carbocycles. The van der Waals surface area contributed by atoms with Gasteiger partial charge >= 0.3 is 5.97 Å². The number of esters is 1. The molecular formula is C23H19FN4O4. The van der Waals surface area contributed by atoms with Crippen LogP contribution in [0.1, 0.15) is 26.5 Å². The molecule has 8 nitrogen and oxygen atoms in total. The summed E-state index contributed by atoms with van der Waals surface area (Å²) in [7, 11) is 2.83. The quantitative estimate of drug-likeness (QED) is 0.462. The summed E-state index contributed by atoms with van der Waals surface area (Å²) < 4.78 is 25.2. The van der Waals surface area contributed by atoms with Crippen molar-refractivity contribution >= 4 is 28.7 Å². The minimum absolute atomic E-state index is 0.228. The van der Waals surface area contributed by atoms with Crippen molar-refractivity contribution in [3.8, 4) is 11.4 Å². The lowest BCUT2D eigenvalue weighted by Gasteiger charge is -2.09. The zero-order valence-electron chi connectivity index (χ0n) is 17.3. The molecule has 2 aromatic heterocycles. The van der Waals surface area contributed by atoms with Crippen LogP contribution in [-0.4, -0.2) is 40.6 Å². The topological polar surface area (TPSA) is 95.3 Å². The Bertz CT molecular complexity index is 1300. The van der Waals surface area contributed by atoms with Crippen molar-refractivity contribution in [2.45, 2.75) is 6.67 Å². The van der Waals surface area contributed by atoms with E-state index in [9.17, 15) is 14.0 Å². The number of anilines is 1. The van der Waals surface area contributed by atoms with Gasteiger partial charge in [-0.3, -0.25) is 9.36 Å². The number of carbonyl (C=O) groups excluding carboxylic acids is 2. The highest BCUT2D eigenvalue weighted by Gasteiger charge is 2.15. The largest absolute Gasteiger partial charge is 0.497 e. The Morgan fingerprint density at radius 3 is 2.56 bits per heavy atom. The summed E-state index contributed by atoms with van der Waals surface area (Å²) in [5.41, 5.74) is 2.45. The summed E-state index contributed by atoms with van der Waals surface area (Å²) in [4.78, 5) is 32.8. The summed E-state index contributed by atoms with van der Waals surface area (Å²) >= 11 is 0. The lowest BCUT2D eigenvalue weighted by atomic mass is 10.1. The molecule has 4 aromatic rings. The first kappa shape index (κ1) is 21.0. The summed E-state index contributed by atoms with van der Waals surface area (Å²) in [5.74, 6) is 0.193. The average molecular weight is 434 g/mol. The third kappa shape index (κ3) is 4.00. The number of nitrogens with zero attached hydrogens (tertiary/aromatic N) is 3. The molecule has 0 aliphatic heterocycles. The number of pyridine rings is 1. The number of aromatic nitrogens is 3. The minimum atomic E-state index is -0.758. The van der Waals surface area contributed by atoms with E-state index in [0.29, 0.717) is 28.3 Å². The van der Waals surface area contributed by atoms with E-state index in [0.717, 1.165) is 0 Å². The van der Waals surface area contributed by atoms with Crippen LogP contribution in [0.3, 0.4) is 0 Å². The first-order chi connectivity index (χ1) is 15.5. The molecule has 0 spiro atoms. The number of rotatable bonds is 6. The molecule has 0 atom stereocenters. The van der Waals surface area contributed by atoms with E-state index in [2.05, 4.69) is 20.0 Å². The molecule has 2 heterocycles. The maximum atomic E-state index is 13.6. The average Bonchev–Trinajstić information content (AvgIpc) is 3.21. The van der Waals surface area contributed by atoms with Crippen molar-refractivity contribution in [1.82, 2.24) is 14.5 Å². The highest BCUT2D eigenvalue weighted by atomic mass is 19.1. The molecule has 32 heavy (non-hydrogen) atoms. The summed E-state index contributed by atoms with van der Waals surface area (Å²) in [6, 6.07) is 14.8. The highest BCUT2D eigenvalue weighted by Crippen LogP contribution is 2.26. The number of fused-ring (bicyclic) bond motifs is 1. The van der Waals surface area contributed by atoms with Crippen molar-refractivity contribution in [2.75, 3.05) is 19.5 Å². The van der Waals surface area contributed by atoms with Gasteiger partial charge in [0.1, 0.15) is 24.1 Å². The number of benzene rings is 2. The van der Waals surface area contributed by atoms with Crippen LogP contribution >= 0.6 is 0 Å². The standard InChI is InChI=1S/C23H19FN4O4/c1-31-17-7-8-19-18(11-17)26-21(12-24)28(19)16-6-9-20(25-13-16)27-22(29)14-4-3-5-15(10-14)23(30)32-2/h3-11,13H,12H2,1-2H3,(H,25,27,29). The first-order valence-electron chi connectivity index (χ1n) is 9.61. The zero-order chi connectivity index (χ0) is 22.7. The number of amides is 1. The third-order valence-corrected chi connectivity index (χ3v) is 4.84. The van der Waals surface area contributed by atoms with Gasteiger partial charge < -0.3 is 14.8 Å². The Morgan fingerprint density at radius 2 is 1.88 bits per heavy atom. The molecule has 0 radical (unpaired) electrons. The van der Waals surface area contributed by atoms with Crippen LogP contribution in [0.2, 0.25) is 0 Å². The van der Waals surface area contributed by atoms with E-state index < -0.39 is 18.6 Å². The molecule has 0 fully saturated rings. The van der Waals surface area contributed by atoms with Crippen LogP contribution in [0.15, 0.2) is 60.8 Å². The van der Waals surface area contributed by atoms with Gasteiger partial charge in [-0.2, -0.15) is 0 Å². The second-order valence-corrected chi connectivity index (χ2v) is 6.78. The predicted molar refractivity (Wildman–Crippen MR) is 116 cm³/mol. The van der Waals surface area contributed by atoms with Crippen LogP contribution in [0.25, 0.3) is 16.7 Å². The van der Waals surface area contributed by atoms with Crippen LogP contribution in [0.4, 0.5) is 10.2 Å². The lowest BCUT2D eigenvalue weighted by Crippen LogP contribution is -2.14. The number of hydrogen-bond donors (Lipinski definition) is 1. The Kier molecular flexibility index (Phi) is 5.80. The number of ether oxygens (including phenoxy) is 2. The van der Waals surface area contributed by atoms with Crippen molar-refractivity contribution in [2.24, 2.45) is 0 Å². The number of carbonyl (C=O) groups is 2. The molecule has 0 unspecified atom stereocenters. The molecule has 0 aliphatic rings. The smallest absolute Gasteiger partial charge is 0.337 e. The first-order valence-corrected chi connectivity index (χ1v) is 9.61. The van der Waals surface area contributed by atoms with Gasteiger partial charge in [0.15, 0.2) is 0 Å². The van der Waals surface area contributed by atoms with E-state index >= 15 is 0 Å². The predicted octanol–water partition coefficient (Wildman–Crippen LogP) is 3.94. The van der Waals surface area contributed by atoms with Gasteiger partial charge in [-0.1, -0.05) is 6.07 Å².